The highest BCUT2D eigenvalue weighted by Gasteiger charge is 1.87. The second-order valence-corrected chi connectivity index (χ2v) is 4.94. The van der Waals surface area contributed by atoms with Gasteiger partial charge in [-0.2, -0.15) is 0 Å². The zero-order valence-electron chi connectivity index (χ0n) is 12.5. The Balaban J connectivity index is 3.26. The van der Waals surface area contributed by atoms with Crippen molar-refractivity contribution in [2.75, 3.05) is 0 Å². The number of allylic oxidation sites excluding steroid dienone is 6. The van der Waals surface area contributed by atoms with Crippen molar-refractivity contribution in [2.24, 2.45) is 0 Å². The summed E-state index contributed by atoms with van der Waals surface area (Å²) < 4.78 is 0. The Morgan fingerprint density at radius 3 is 1.61 bits per heavy atom. The highest BCUT2D eigenvalue weighted by atomic mass is 13.9. The summed E-state index contributed by atoms with van der Waals surface area (Å²) in [5, 5.41) is 0. The minimum atomic E-state index is 1.21. The quantitative estimate of drug-likeness (QED) is 0.270. The van der Waals surface area contributed by atoms with Gasteiger partial charge in [0.05, 0.1) is 0 Å². The molecule has 0 fully saturated rings. The third-order valence-corrected chi connectivity index (χ3v) is 3.05. The van der Waals surface area contributed by atoms with Crippen LogP contribution in [0.25, 0.3) is 0 Å². The fraction of sp³-hybridized carbons (Fsp3) is 0.667. The van der Waals surface area contributed by atoms with E-state index in [1.54, 1.807) is 0 Å². The highest BCUT2D eigenvalue weighted by Crippen LogP contribution is 2.07. The van der Waals surface area contributed by atoms with Crippen LogP contribution in [0.5, 0.6) is 0 Å². The molecule has 0 saturated heterocycles. The molecular formula is C18H32. The Labute approximate surface area is 115 Å². The molecule has 0 aliphatic carbocycles. The standard InChI is InChI=1S/C18H32/c1-3-5-7-9-11-13-15-17-18-16-14-12-10-8-6-4-2/h9,11,13,15,17-18H,3-8,10,12,14,16H2,1-2H3/b11-9?,15-13?,18-17+. The van der Waals surface area contributed by atoms with E-state index in [9.17, 15) is 0 Å². The first-order valence-electron chi connectivity index (χ1n) is 7.90. The molecule has 0 aliphatic heterocycles. The van der Waals surface area contributed by atoms with Crippen LogP contribution in [0.2, 0.25) is 0 Å². The van der Waals surface area contributed by atoms with E-state index >= 15 is 0 Å². The van der Waals surface area contributed by atoms with Crippen LogP contribution in [0.1, 0.15) is 78.1 Å². The van der Waals surface area contributed by atoms with Gasteiger partial charge in [-0.05, 0) is 19.3 Å². The van der Waals surface area contributed by atoms with Gasteiger partial charge in [-0.25, -0.2) is 0 Å². The van der Waals surface area contributed by atoms with Crippen molar-refractivity contribution in [1.29, 1.82) is 0 Å². The van der Waals surface area contributed by atoms with Gasteiger partial charge in [0.2, 0.25) is 0 Å². The molecule has 0 radical (unpaired) electrons. The van der Waals surface area contributed by atoms with Gasteiger partial charge in [0.1, 0.15) is 0 Å². The monoisotopic (exact) mass is 248 g/mol. The molecule has 0 atom stereocenters. The number of hydrogen-bond acceptors (Lipinski definition) is 0. The van der Waals surface area contributed by atoms with Crippen LogP contribution in [-0.4, -0.2) is 0 Å². The first kappa shape index (κ1) is 17.2. The third-order valence-electron chi connectivity index (χ3n) is 3.05. The second-order valence-electron chi connectivity index (χ2n) is 4.94. The molecule has 0 spiro atoms. The Bertz CT molecular complexity index is 220. The second kappa shape index (κ2) is 16.2. The molecule has 104 valence electrons. The van der Waals surface area contributed by atoms with Gasteiger partial charge >= 0.3 is 0 Å². The molecule has 0 rings (SSSR count). The molecule has 0 aromatic heterocycles. The van der Waals surface area contributed by atoms with Crippen molar-refractivity contribution in [3.8, 4) is 0 Å². The molecule has 0 heteroatoms. The van der Waals surface area contributed by atoms with Gasteiger partial charge in [0.25, 0.3) is 0 Å². The predicted octanol–water partition coefficient (Wildman–Crippen LogP) is 6.60. The lowest BCUT2D eigenvalue weighted by atomic mass is 10.1. The molecule has 0 aromatic carbocycles. The summed E-state index contributed by atoms with van der Waals surface area (Å²) >= 11 is 0. The minimum absolute atomic E-state index is 1.21. The maximum Gasteiger partial charge on any atom is -0.0348 e. The molecule has 0 amide bonds. The van der Waals surface area contributed by atoms with Gasteiger partial charge in [0, 0.05) is 0 Å². The smallest absolute Gasteiger partial charge is 0.0348 e. The van der Waals surface area contributed by atoms with E-state index in [4.69, 9.17) is 0 Å². The molecule has 18 heavy (non-hydrogen) atoms. The Hall–Kier alpha value is -0.780. The van der Waals surface area contributed by atoms with Gasteiger partial charge in [0.15, 0.2) is 0 Å². The van der Waals surface area contributed by atoms with E-state index in [0.29, 0.717) is 0 Å². The Kier molecular flexibility index (Phi) is 15.5. The van der Waals surface area contributed by atoms with Crippen molar-refractivity contribution in [1.82, 2.24) is 0 Å². The van der Waals surface area contributed by atoms with E-state index in [-0.39, 0.29) is 0 Å². The first-order valence-corrected chi connectivity index (χ1v) is 7.90. The molecule has 0 unspecified atom stereocenters. The summed E-state index contributed by atoms with van der Waals surface area (Å²) in [4.78, 5) is 0. The van der Waals surface area contributed by atoms with Crippen LogP contribution in [-0.2, 0) is 0 Å². The summed E-state index contributed by atoms with van der Waals surface area (Å²) in [5.41, 5.74) is 0. The number of rotatable bonds is 12. The summed E-state index contributed by atoms with van der Waals surface area (Å²) in [7, 11) is 0. The summed E-state index contributed by atoms with van der Waals surface area (Å²) in [5.74, 6) is 0. The molecule has 0 N–H and O–H groups in total. The molecule has 0 heterocycles. The van der Waals surface area contributed by atoms with E-state index in [1.807, 2.05) is 0 Å². The summed E-state index contributed by atoms with van der Waals surface area (Å²) in [6.07, 6.45) is 26.5. The minimum Gasteiger partial charge on any atom is -0.0845 e. The lowest BCUT2D eigenvalue weighted by molar-refractivity contribution is 0.611. The maximum atomic E-state index is 2.29. The van der Waals surface area contributed by atoms with Crippen molar-refractivity contribution in [2.45, 2.75) is 78.1 Å². The number of hydrogen-bond donors (Lipinski definition) is 0. The van der Waals surface area contributed by atoms with Crippen molar-refractivity contribution >= 4 is 0 Å². The highest BCUT2D eigenvalue weighted by molar-refractivity contribution is 5.10. The normalized spacial score (nSPS) is 12.3. The fourth-order valence-corrected chi connectivity index (χ4v) is 1.84. The van der Waals surface area contributed by atoms with Crippen LogP contribution in [0.15, 0.2) is 36.5 Å². The predicted molar refractivity (Wildman–Crippen MR) is 84.9 cm³/mol. The van der Waals surface area contributed by atoms with Crippen molar-refractivity contribution in [3.63, 3.8) is 0 Å². The maximum absolute atomic E-state index is 2.29. The van der Waals surface area contributed by atoms with Crippen LogP contribution >= 0.6 is 0 Å². The Morgan fingerprint density at radius 2 is 1.00 bits per heavy atom. The van der Waals surface area contributed by atoms with Gasteiger partial charge in [-0.15, -0.1) is 0 Å². The molecule has 0 bridgehead atoms. The zero-order valence-corrected chi connectivity index (χ0v) is 12.5. The van der Waals surface area contributed by atoms with Crippen molar-refractivity contribution in [3.05, 3.63) is 36.5 Å². The molecular weight excluding hydrogens is 216 g/mol. The Morgan fingerprint density at radius 1 is 0.500 bits per heavy atom. The molecule has 0 aromatic rings. The van der Waals surface area contributed by atoms with Crippen LogP contribution < -0.4 is 0 Å². The van der Waals surface area contributed by atoms with Gasteiger partial charge in [-0.3, -0.25) is 0 Å². The van der Waals surface area contributed by atoms with Crippen molar-refractivity contribution < 1.29 is 0 Å². The van der Waals surface area contributed by atoms with Crippen LogP contribution in [0.3, 0.4) is 0 Å². The number of unbranched alkanes of at least 4 members (excludes halogenated alkanes) is 8. The fourth-order valence-electron chi connectivity index (χ4n) is 1.84. The van der Waals surface area contributed by atoms with Gasteiger partial charge < -0.3 is 0 Å². The third kappa shape index (κ3) is 15.2. The van der Waals surface area contributed by atoms with Gasteiger partial charge in [-0.1, -0.05) is 95.2 Å². The van der Waals surface area contributed by atoms with E-state index in [1.165, 1.54) is 64.2 Å². The topological polar surface area (TPSA) is 0 Å². The molecule has 0 aliphatic rings. The first-order chi connectivity index (χ1) is 8.91. The average Bonchev–Trinajstić information content (AvgIpc) is 2.39. The lowest BCUT2D eigenvalue weighted by Crippen LogP contribution is -1.77. The van der Waals surface area contributed by atoms with Crippen LogP contribution in [0.4, 0.5) is 0 Å². The largest absolute Gasteiger partial charge is 0.0845 e. The SMILES string of the molecule is CCCCC=CC=C/C=C/CCCCCCCC. The molecule has 0 saturated carbocycles. The van der Waals surface area contributed by atoms with E-state index < -0.39 is 0 Å². The lowest BCUT2D eigenvalue weighted by Gasteiger charge is -1.97. The summed E-state index contributed by atoms with van der Waals surface area (Å²) in [6, 6.07) is 0. The van der Waals surface area contributed by atoms with E-state index in [0.717, 1.165) is 0 Å². The average molecular weight is 248 g/mol. The molecule has 0 nitrogen and oxygen atoms in total. The summed E-state index contributed by atoms with van der Waals surface area (Å²) in [6.45, 7) is 4.50. The zero-order chi connectivity index (χ0) is 13.3. The van der Waals surface area contributed by atoms with E-state index in [2.05, 4.69) is 50.3 Å². The van der Waals surface area contributed by atoms with Crippen LogP contribution in [0, 0.1) is 0 Å².